The topological polar surface area (TPSA) is 26.0 Å². The molecule has 18 heavy (non-hydrogen) atoms. The third kappa shape index (κ3) is 3.11. The van der Waals surface area contributed by atoms with Gasteiger partial charge in [-0.3, -0.25) is 0 Å². The van der Waals surface area contributed by atoms with Gasteiger partial charge in [0.1, 0.15) is 5.82 Å². The van der Waals surface area contributed by atoms with E-state index in [4.69, 9.17) is 5.73 Å². The van der Waals surface area contributed by atoms with Crippen LogP contribution in [0, 0.1) is 17.7 Å². The minimum atomic E-state index is -0.245. The Morgan fingerprint density at radius 1 is 1.33 bits per heavy atom. The van der Waals surface area contributed by atoms with Crippen molar-refractivity contribution < 1.29 is 4.39 Å². The van der Waals surface area contributed by atoms with E-state index in [0.29, 0.717) is 5.92 Å². The van der Waals surface area contributed by atoms with Crippen LogP contribution < -0.4 is 5.73 Å². The maximum Gasteiger partial charge on any atom is 0.123 e. The van der Waals surface area contributed by atoms with Gasteiger partial charge in [-0.2, -0.15) is 0 Å². The molecule has 0 aliphatic heterocycles. The highest BCUT2D eigenvalue weighted by molar-refractivity contribution is 5.25. The van der Waals surface area contributed by atoms with E-state index in [-0.39, 0.29) is 11.4 Å². The average Bonchev–Trinajstić information content (AvgIpc) is 2.28. The summed E-state index contributed by atoms with van der Waals surface area (Å²) < 4.78 is 13.0. The minimum absolute atomic E-state index is 0.183. The van der Waals surface area contributed by atoms with E-state index >= 15 is 0 Å². The van der Waals surface area contributed by atoms with Crippen LogP contribution in [0.1, 0.15) is 51.5 Å². The first-order chi connectivity index (χ1) is 8.49. The number of nitrogens with two attached hydrogens (primary N) is 1. The summed E-state index contributed by atoms with van der Waals surface area (Å²) in [5, 5.41) is 0. The molecule has 100 valence electrons. The van der Waals surface area contributed by atoms with Gasteiger partial charge in [-0.05, 0) is 48.8 Å². The summed E-state index contributed by atoms with van der Waals surface area (Å²) in [6.45, 7) is 4.54. The molecule has 1 aliphatic rings. The van der Waals surface area contributed by atoms with Gasteiger partial charge < -0.3 is 5.73 Å². The van der Waals surface area contributed by atoms with Gasteiger partial charge >= 0.3 is 0 Å². The molecule has 2 heteroatoms. The zero-order chi connectivity index (χ0) is 13.2. The Kier molecular flexibility index (Phi) is 4.06. The Balaban J connectivity index is 2.12. The molecule has 1 fully saturated rings. The predicted molar refractivity (Wildman–Crippen MR) is 73.7 cm³/mol. The number of hydrogen-bond acceptors (Lipinski definition) is 1. The number of rotatable bonds is 3. The molecule has 0 saturated heterocycles. The van der Waals surface area contributed by atoms with Crippen molar-refractivity contribution in [3.8, 4) is 0 Å². The second kappa shape index (κ2) is 5.40. The van der Waals surface area contributed by atoms with Crippen LogP contribution in [0.5, 0.6) is 0 Å². The summed E-state index contributed by atoms with van der Waals surface area (Å²) in [6.07, 6.45) is 5.79. The Morgan fingerprint density at radius 3 is 2.61 bits per heavy atom. The normalized spacial score (nSPS) is 28.6. The molecule has 0 radical (unpaired) electrons. The van der Waals surface area contributed by atoms with Crippen molar-refractivity contribution in [2.45, 2.75) is 51.5 Å². The molecular weight excluding hydrogens is 225 g/mol. The number of hydrogen-bond donors (Lipinski definition) is 1. The fraction of sp³-hybridized carbons (Fsp3) is 0.625. The van der Waals surface area contributed by atoms with Gasteiger partial charge in [0, 0.05) is 5.54 Å². The summed E-state index contributed by atoms with van der Waals surface area (Å²) in [6, 6.07) is 6.76. The van der Waals surface area contributed by atoms with E-state index in [1.165, 1.54) is 31.4 Å². The average molecular weight is 249 g/mol. The van der Waals surface area contributed by atoms with Crippen molar-refractivity contribution in [3.05, 3.63) is 35.6 Å². The van der Waals surface area contributed by atoms with Crippen LogP contribution in [0.4, 0.5) is 4.39 Å². The monoisotopic (exact) mass is 249 g/mol. The highest BCUT2D eigenvalue weighted by Crippen LogP contribution is 2.40. The van der Waals surface area contributed by atoms with Crippen molar-refractivity contribution >= 4 is 0 Å². The van der Waals surface area contributed by atoms with Crippen LogP contribution in [-0.4, -0.2) is 0 Å². The molecule has 0 bridgehead atoms. The molecule has 2 unspecified atom stereocenters. The first-order valence-corrected chi connectivity index (χ1v) is 7.04. The Labute approximate surface area is 110 Å². The fourth-order valence-corrected chi connectivity index (χ4v) is 3.34. The summed E-state index contributed by atoms with van der Waals surface area (Å²) in [5.74, 6) is 1.26. The van der Waals surface area contributed by atoms with E-state index in [9.17, 15) is 4.39 Å². The summed E-state index contributed by atoms with van der Waals surface area (Å²) >= 11 is 0. The van der Waals surface area contributed by atoms with Gasteiger partial charge in [-0.15, -0.1) is 0 Å². The van der Waals surface area contributed by atoms with Gasteiger partial charge in [0.2, 0.25) is 0 Å². The summed E-state index contributed by atoms with van der Waals surface area (Å²) in [5.41, 5.74) is 7.42. The zero-order valence-electron chi connectivity index (χ0n) is 11.5. The van der Waals surface area contributed by atoms with E-state index < -0.39 is 0 Å². The van der Waals surface area contributed by atoms with Crippen LogP contribution in [0.3, 0.4) is 0 Å². The molecule has 2 atom stereocenters. The second-order valence-corrected chi connectivity index (χ2v) is 6.25. The van der Waals surface area contributed by atoms with E-state index in [2.05, 4.69) is 13.8 Å². The summed E-state index contributed by atoms with van der Waals surface area (Å²) in [7, 11) is 0. The standard InChI is InChI=1S/C16H24FN/c1-12(2)10-13-4-3-9-16(18,11-13)14-5-7-15(17)8-6-14/h5-8,12-13H,3-4,9-11,18H2,1-2H3. The molecule has 0 amide bonds. The lowest BCUT2D eigenvalue weighted by molar-refractivity contribution is 0.202. The lowest BCUT2D eigenvalue weighted by Crippen LogP contribution is -2.41. The van der Waals surface area contributed by atoms with Gasteiger partial charge in [0.15, 0.2) is 0 Å². The van der Waals surface area contributed by atoms with Crippen LogP contribution in [-0.2, 0) is 5.54 Å². The molecular formula is C16H24FN. The maximum atomic E-state index is 13.0. The van der Waals surface area contributed by atoms with E-state index in [1.807, 2.05) is 12.1 Å². The molecule has 2 rings (SSSR count). The molecule has 1 nitrogen and oxygen atoms in total. The van der Waals surface area contributed by atoms with Crippen LogP contribution in [0.2, 0.25) is 0 Å². The van der Waals surface area contributed by atoms with Crippen molar-refractivity contribution in [1.29, 1.82) is 0 Å². The van der Waals surface area contributed by atoms with Crippen molar-refractivity contribution in [2.24, 2.45) is 17.6 Å². The minimum Gasteiger partial charge on any atom is -0.321 e. The molecule has 1 aromatic rings. The molecule has 1 aromatic carbocycles. The fourth-order valence-electron chi connectivity index (χ4n) is 3.34. The third-order valence-corrected chi connectivity index (χ3v) is 4.11. The van der Waals surface area contributed by atoms with E-state index in [1.54, 1.807) is 0 Å². The van der Waals surface area contributed by atoms with Gasteiger partial charge in [-0.1, -0.05) is 38.8 Å². The first-order valence-electron chi connectivity index (χ1n) is 7.04. The van der Waals surface area contributed by atoms with Gasteiger partial charge in [-0.25, -0.2) is 4.39 Å². The number of halogens is 1. The molecule has 1 aliphatic carbocycles. The Bertz CT molecular complexity index is 385. The maximum absolute atomic E-state index is 13.0. The molecule has 0 aromatic heterocycles. The Morgan fingerprint density at radius 2 is 2.00 bits per heavy atom. The van der Waals surface area contributed by atoms with Crippen molar-refractivity contribution in [2.75, 3.05) is 0 Å². The molecule has 0 spiro atoms. The predicted octanol–water partition coefficient (Wildman–Crippen LogP) is 4.22. The zero-order valence-corrected chi connectivity index (χ0v) is 11.5. The van der Waals surface area contributed by atoms with Gasteiger partial charge in [0.05, 0.1) is 0 Å². The second-order valence-electron chi connectivity index (χ2n) is 6.25. The van der Waals surface area contributed by atoms with E-state index in [0.717, 1.165) is 24.3 Å². The smallest absolute Gasteiger partial charge is 0.123 e. The van der Waals surface area contributed by atoms with Crippen LogP contribution >= 0.6 is 0 Å². The van der Waals surface area contributed by atoms with Gasteiger partial charge in [0.25, 0.3) is 0 Å². The lowest BCUT2D eigenvalue weighted by atomic mass is 9.70. The van der Waals surface area contributed by atoms with Crippen LogP contribution in [0.25, 0.3) is 0 Å². The van der Waals surface area contributed by atoms with Crippen LogP contribution in [0.15, 0.2) is 24.3 Å². The SMILES string of the molecule is CC(C)CC1CCCC(N)(c2ccc(F)cc2)C1. The number of benzene rings is 1. The Hall–Kier alpha value is -0.890. The van der Waals surface area contributed by atoms with Crippen molar-refractivity contribution in [3.63, 3.8) is 0 Å². The molecule has 2 N–H and O–H groups in total. The summed E-state index contributed by atoms with van der Waals surface area (Å²) in [4.78, 5) is 0. The highest BCUT2D eigenvalue weighted by Gasteiger charge is 2.34. The highest BCUT2D eigenvalue weighted by atomic mass is 19.1. The third-order valence-electron chi connectivity index (χ3n) is 4.11. The van der Waals surface area contributed by atoms with Crippen molar-refractivity contribution in [1.82, 2.24) is 0 Å². The molecule has 0 heterocycles. The quantitative estimate of drug-likeness (QED) is 0.853. The molecule has 1 saturated carbocycles. The lowest BCUT2D eigenvalue weighted by Gasteiger charge is -2.39. The first kappa shape index (κ1) is 13.5. The largest absolute Gasteiger partial charge is 0.321 e.